The molecule has 2 unspecified atom stereocenters. The monoisotopic (exact) mass is 801 g/mol. The molecule has 2 aliphatic rings. The van der Waals surface area contributed by atoms with Gasteiger partial charge < -0.3 is 0 Å². The molecule has 5 nitrogen and oxygen atoms in total. The molecule has 0 aliphatic heterocycles. The van der Waals surface area contributed by atoms with E-state index in [1.165, 1.54) is 72.3 Å². The number of fused-ring (bicyclic) bond motifs is 7. The van der Waals surface area contributed by atoms with Crippen LogP contribution >= 0.6 is 0 Å². The molecule has 2 aliphatic carbocycles. The zero-order valence-corrected chi connectivity index (χ0v) is 36.0. The molecule has 0 saturated carbocycles. The van der Waals surface area contributed by atoms with Crippen molar-refractivity contribution < 1.29 is 0 Å². The summed E-state index contributed by atoms with van der Waals surface area (Å²) in [6.07, 6.45) is 1.91. The van der Waals surface area contributed by atoms with Crippen LogP contribution in [0.5, 0.6) is 0 Å². The summed E-state index contributed by atoms with van der Waals surface area (Å²) in [6, 6.07) is 57.5. The maximum atomic E-state index is 5.36. The third-order valence-corrected chi connectivity index (χ3v) is 13.5. The molecule has 0 N–H and O–H groups in total. The first kappa shape index (κ1) is 37.9. The van der Waals surface area contributed by atoms with Gasteiger partial charge in [0.1, 0.15) is 17.5 Å². The Balaban J connectivity index is 1.16. The Labute approximate surface area is 363 Å². The number of hydrogen-bond acceptors (Lipinski definition) is 5. The lowest BCUT2D eigenvalue weighted by Crippen LogP contribution is -2.29. The lowest BCUT2D eigenvalue weighted by atomic mass is 9.71. The fraction of sp³-hybridized carbons (Fsp3) is 0.175. The number of para-hydroxylation sites is 2. The van der Waals surface area contributed by atoms with Crippen LogP contribution in [-0.4, -0.2) is 24.9 Å². The van der Waals surface area contributed by atoms with E-state index in [1.54, 1.807) is 0 Å². The number of benzene rings is 7. The van der Waals surface area contributed by atoms with Gasteiger partial charge in [-0.05, 0) is 117 Å². The molecule has 2 heterocycles. The van der Waals surface area contributed by atoms with E-state index in [-0.39, 0.29) is 11.8 Å². The van der Waals surface area contributed by atoms with Gasteiger partial charge in [0.05, 0.1) is 28.3 Å². The van der Waals surface area contributed by atoms with Crippen LogP contribution in [0.25, 0.3) is 66.8 Å². The number of hydrogen-bond donors (Lipinski definition) is 0. The van der Waals surface area contributed by atoms with Crippen LogP contribution in [0.4, 0.5) is 0 Å². The van der Waals surface area contributed by atoms with Gasteiger partial charge in [0.2, 0.25) is 0 Å². The molecule has 0 fully saturated rings. The van der Waals surface area contributed by atoms with Crippen LogP contribution in [0, 0.1) is 0 Å². The van der Waals surface area contributed by atoms with Gasteiger partial charge in [-0.1, -0.05) is 155 Å². The minimum absolute atomic E-state index is 0.144. The highest BCUT2D eigenvalue weighted by molar-refractivity contribution is 5.90. The van der Waals surface area contributed by atoms with Crippen LogP contribution in [0.15, 0.2) is 164 Å². The van der Waals surface area contributed by atoms with Crippen molar-refractivity contribution >= 4 is 11.0 Å². The summed E-state index contributed by atoms with van der Waals surface area (Å²) >= 11 is 0. The summed E-state index contributed by atoms with van der Waals surface area (Å²) in [5.74, 6) is 2.74. The van der Waals surface area contributed by atoms with Crippen LogP contribution in [0.3, 0.4) is 0 Å². The first-order valence-corrected chi connectivity index (χ1v) is 21.8. The molecule has 0 saturated heterocycles. The second-order valence-corrected chi connectivity index (χ2v) is 18.0. The zero-order chi connectivity index (χ0) is 42.3. The zero-order valence-electron chi connectivity index (χ0n) is 36.0. The summed E-state index contributed by atoms with van der Waals surface area (Å²) < 4.78 is 0. The number of rotatable bonds is 7. The van der Waals surface area contributed by atoms with Crippen molar-refractivity contribution in [2.45, 2.75) is 64.2 Å². The van der Waals surface area contributed by atoms with Gasteiger partial charge >= 0.3 is 0 Å². The van der Waals surface area contributed by atoms with Crippen molar-refractivity contribution in [2.24, 2.45) is 0 Å². The Morgan fingerprint density at radius 2 is 0.839 bits per heavy atom. The largest absolute Gasteiger partial charge is 0.252 e. The molecule has 7 aromatic carbocycles. The van der Waals surface area contributed by atoms with Crippen molar-refractivity contribution in [1.29, 1.82) is 0 Å². The standard InChI is InChI=1S/C57H47N5/c1-34(2)53-60-54(35(3)4)62-55(61-53)57(6)48-30-39(37-17-11-8-12-18-37)22-26-44(48)45-28-24-41(32-49(45)57)56(5)46-29-38(36-15-9-7-10-16-36)21-25-42(46)43-27-23-40(31-47(43)56)52-33-58-50-19-13-14-20-51(50)59-52/h7-35H,1-6H3. The number of nitrogens with zero attached hydrogens (tertiary/aromatic N) is 5. The molecule has 11 rings (SSSR count). The molecule has 0 radical (unpaired) electrons. The van der Waals surface area contributed by atoms with E-state index in [1.807, 2.05) is 30.5 Å². The van der Waals surface area contributed by atoms with Crippen LogP contribution in [-0.2, 0) is 10.8 Å². The van der Waals surface area contributed by atoms with Gasteiger partial charge in [-0.2, -0.15) is 0 Å². The van der Waals surface area contributed by atoms with E-state index >= 15 is 0 Å². The van der Waals surface area contributed by atoms with Gasteiger partial charge in [0.15, 0.2) is 0 Å². The lowest BCUT2D eigenvalue weighted by Gasteiger charge is -2.32. The summed E-state index contributed by atoms with van der Waals surface area (Å²) in [6.45, 7) is 13.4. The molecule has 0 spiro atoms. The third-order valence-electron chi connectivity index (χ3n) is 13.5. The fourth-order valence-electron chi connectivity index (χ4n) is 9.95. The Hall–Kier alpha value is -7.11. The SMILES string of the molecule is CC(C)c1nc(C(C)C)nc(C2(C)c3cc(-c4ccccc4)ccc3-c3ccc(C4(C)c5cc(-c6ccccc6)ccc5-c5ccc(-c6cnc7ccccc7n6)cc54)cc32)n1. The van der Waals surface area contributed by atoms with Gasteiger partial charge in [0, 0.05) is 22.8 Å². The van der Waals surface area contributed by atoms with Gasteiger partial charge in [-0.25, -0.2) is 19.9 Å². The third kappa shape index (κ3) is 5.79. The first-order valence-electron chi connectivity index (χ1n) is 21.8. The summed E-state index contributed by atoms with van der Waals surface area (Å²) in [7, 11) is 0. The molecule has 9 aromatic rings. The minimum atomic E-state index is -0.670. The van der Waals surface area contributed by atoms with Crippen molar-refractivity contribution in [1.82, 2.24) is 24.9 Å². The van der Waals surface area contributed by atoms with E-state index < -0.39 is 10.8 Å². The second kappa shape index (κ2) is 14.2. The van der Waals surface area contributed by atoms with E-state index in [4.69, 9.17) is 24.9 Å². The highest BCUT2D eigenvalue weighted by Crippen LogP contribution is 2.58. The minimum Gasteiger partial charge on any atom is -0.252 e. The van der Waals surface area contributed by atoms with Gasteiger partial charge in [-0.15, -0.1) is 0 Å². The normalized spacial score (nSPS) is 17.3. The Bertz CT molecular complexity index is 3200. The molecular weight excluding hydrogens is 755 g/mol. The molecule has 2 aromatic heterocycles. The maximum absolute atomic E-state index is 5.36. The average molecular weight is 802 g/mol. The van der Waals surface area contributed by atoms with E-state index in [0.717, 1.165) is 39.8 Å². The van der Waals surface area contributed by atoms with Crippen LogP contribution < -0.4 is 0 Å². The Morgan fingerprint density at radius 1 is 0.387 bits per heavy atom. The summed E-state index contributed by atoms with van der Waals surface area (Å²) in [5.41, 5.74) is 18.3. The average Bonchev–Trinajstić information content (AvgIpc) is 3.73. The number of aromatic nitrogens is 5. The Kier molecular flexibility index (Phi) is 8.70. The summed E-state index contributed by atoms with van der Waals surface area (Å²) in [5, 5.41) is 0. The van der Waals surface area contributed by atoms with Gasteiger partial charge in [0.25, 0.3) is 0 Å². The second-order valence-electron chi connectivity index (χ2n) is 18.0. The predicted molar refractivity (Wildman–Crippen MR) is 252 cm³/mol. The first-order chi connectivity index (χ1) is 30.1. The van der Waals surface area contributed by atoms with E-state index in [0.29, 0.717) is 0 Å². The molecule has 300 valence electrons. The Morgan fingerprint density at radius 3 is 1.39 bits per heavy atom. The summed E-state index contributed by atoms with van der Waals surface area (Å²) in [4.78, 5) is 25.6. The molecule has 0 amide bonds. The predicted octanol–water partition coefficient (Wildman–Crippen LogP) is 13.7. The maximum Gasteiger partial charge on any atom is 0.147 e. The highest BCUT2D eigenvalue weighted by atomic mass is 15.1. The molecule has 2 atom stereocenters. The van der Waals surface area contributed by atoms with Gasteiger partial charge in [-0.3, -0.25) is 4.98 Å². The highest BCUT2D eigenvalue weighted by Gasteiger charge is 2.47. The fourth-order valence-corrected chi connectivity index (χ4v) is 9.95. The van der Waals surface area contributed by atoms with Crippen molar-refractivity contribution in [2.75, 3.05) is 0 Å². The van der Waals surface area contributed by atoms with Crippen LogP contribution in [0.1, 0.15) is 98.7 Å². The smallest absolute Gasteiger partial charge is 0.147 e. The van der Waals surface area contributed by atoms with Crippen molar-refractivity contribution in [3.05, 3.63) is 209 Å². The van der Waals surface area contributed by atoms with Crippen molar-refractivity contribution in [3.8, 4) is 55.8 Å². The van der Waals surface area contributed by atoms with Crippen molar-refractivity contribution in [3.63, 3.8) is 0 Å². The molecule has 62 heavy (non-hydrogen) atoms. The molecule has 5 heteroatoms. The quantitative estimate of drug-likeness (QED) is 0.161. The topological polar surface area (TPSA) is 64.5 Å². The van der Waals surface area contributed by atoms with Crippen LogP contribution in [0.2, 0.25) is 0 Å². The molecular formula is C57H47N5. The molecule has 0 bridgehead atoms. The van der Waals surface area contributed by atoms with E-state index in [2.05, 4.69) is 175 Å². The lowest BCUT2D eigenvalue weighted by molar-refractivity contribution is 0.592. The van der Waals surface area contributed by atoms with E-state index in [9.17, 15) is 0 Å².